The molecule has 0 radical (unpaired) electrons. The molecule has 0 spiro atoms. The summed E-state index contributed by atoms with van der Waals surface area (Å²) in [6, 6.07) is 4.65. The highest BCUT2D eigenvalue weighted by atomic mass is 16.5. The van der Waals surface area contributed by atoms with E-state index in [-0.39, 0.29) is 0 Å². The van der Waals surface area contributed by atoms with Crippen molar-refractivity contribution in [3.63, 3.8) is 0 Å². The van der Waals surface area contributed by atoms with E-state index < -0.39 is 0 Å². The molecule has 1 aromatic rings. The molecule has 1 aromatic heterocycles. The van der Waals surface area contributed by atoms with Crippen molar-refractivity contribution in [2.75, 3.05) is 20.4 Å². The average molecular weight is 192 g/mol. The molecule has 0 aliphatic carbocycles. The molecule has 2 heterocycles. The molecule has 3 heteroatoms. The molecule has 1 aliphatic rings. The number of aromatic nitrogens is 1. The Bertz CT molecular complexity index is 276. The molecule has 2 rings (SSSR count). The molecular weight excluding hydrogens is 176 g/mol. The van der Waals surface area contributed by atoms with Gasteiger partial charge in [0.2, 0.25) is 0 Å². The molecule has 1 saturated heterocycles. The fourth-order valence-corrected chi connectivity index (χ4v) is 2.10. The van der Waals surface area contributed by atoms with E-state index in [1.54, 1.807) is 7.11 Å². The predicted octanol–water partition coefficient (Wildman–Crippen LogP) is 1.82. The summed E-state index contributed by atoms with van der Waals surface area (Å²) in [5.74, 6) is 0. The van der Waals surface area contributed by atoms with E-state index in [2.05, 4.69) is 16.0 Å². The first kappa shape index (κ1) is 9.62. The van der Waals surface area contributed by atoms with E-state index in [0.29, 0.717) is 6.04 Å². The zero-order valence-electron chi connectivity index (χ0n) is 8.52. The predicted molar refractivity (Wildman–Crippen MR) is 54.8 cm³/mol. The Morgan fingerprint density at radius 2 is 2.57 bits per heavy atom. The number of hydrogen-bond acceptors (Lipinski definition) is 3. The SMILES string of the molecule is COCN1CCCC1c1cccnc1. The zero-order valence-corrected chi connectivity index (χ0v) is 8.52. The minimum atomic E-state index is 0.503. The Morgan fingerprint density at radius 1 is 1.64 bits per heavy atom. The maximum Gasteiger partial charge on any atom is 0.0991 e. The van der Waals surface area contributed by atoms with Crippen molar-refractivity contribution in [3.8, 4) is 0 Å². The van der Waals surface area contributed by atoms with Crippen molar-refractivity contribution < 1.29 is 4.74 Å². The van der Waals surface area contributed by atoms with Crippen molar-refractivity contribution in [1.82, 2.24) is 9.88 Å². The lowest BCUT2D eigenvalue weighted by molar-refractivity contribution is 0.0544. The third-order valence-corrected chi connectivity index (χ3v) is 2.73. The standard InChI is InChI=1S/C11H16N2O/c1-14-9-13-7-3-5-11(13)10-4-2-6-12-8-10/h2,4,6,8,11H,3,5,7,9H2,1H3. The molecule has 0 N–H and O–H groups in total. The van der Waals surface area contributed by atoms with Crippen molar-refractivity contribution >= 4 is 0 Å². The van der Waals surface area contributed by atoms with Crippen molar-refractivity contribution in [3.05, 3.63) is 30.1 Å². The fourth-order valence-electron chi connectivity index (χ4n) is 2.10. The van der Waals surface area contributed by atoms with Gasteiger partial charge in [0.25, 0.3) is 0 Å². The Kier molecular flexibility index (Phi) is 3.11. The van der Waals surface area contributed by atoms with Crippen LogP contribution < -0.4 is 0 Å². The number of rotatable bonds is 3. The monoisotopic (exact) mass is 192 g/mol. The highest BCUT2D eigenvalue weighted by Crippen LogP contribution is 2.30. The third kappa shape index (κ3) is 1.94. The van der Waals surface area contributed by atoms with E-state index in [9.17, 15) is 0 Å². The Morgan fingerprint density at radius 3 is 3.29 bits per heavy atom. The molecule has 1 atom stereocenters. The molecule has 1 aliphatic heterocycles. The number of ether oxygens (including phenoxy) is 1. The van der Waals surface area contributed by atoms with E-state index in [1.165, 1.54) is 18.4 Å². The van der Waals surface area contributed by atoms with E-state index >= 15 is 0 Å². The second-order valence-corrected chi connectivity index (χ2v) is 3.67. The van der Waals surface area contributed by atoms with Gasteiger partial charge in [0.1, 0.15) is 0 Å². The van der Waals surface area contributed by atoms with Crippen LogP contribution in [0.1, 0.15) is 24.4 Å². The highest BCUT2D eigenvalue weighted by molar-refractivity contribution is 5.15. The highest BCUT2D eigenvalue weighted by Gasteiger charge is 2.25. The van der Waals surface area contributed by atoms with Gasteiger partial charge in [0, 0.05) is 32.1 Å². The Labute approximate surface area is 84.7 Å². The lowest BCUT2D eigenvalue weighted by Crippen LogP contribution is -2.25. The summed E-state index contributed by atoms with van der Waals surface area (Å²) in [5.41, 5.74) is 1.31. The summed E-state index contributed by atoms with van der Waals surface area (Å²) >= 11 is 0. The summed E-state index contributed by atoms with van der Waals surface area (Å²) in [6.07, 6.45) is 6.25. The zero-order chi connectivity index (χ0) is 9.80. The maximum atomic E-state index is 5.18. The van der Waals surface area contributed by atoms with Gasteiger partial charge in [-0.3, -0.25) is 9.88 Å². The first-order valence-electron chi connectivity index (χ1n) is 5.04. The average Bonchev–Trinajstić information content (AvgIpc) is 2.68. The van der Waals surface area contributed by atoms with Gasteiger partial charge in [-0.05, 0) is 24.5 Å². The van der Waals surface area contributed by atoms with Gasteiger partial charge in [-0.25, -0.2) is 0 Å². The normalized spacial score (nSPS) is 22.8. The van der Waals surface area contributed by atoms with Crippen molar-refractivity contribution in [1.29, 1.82) is 0 Å². The number of methoxy groups -OCH3 is 1. The lowest BCUT2D eigenvalue weighted by atomic mass is 10.1. The maximum absolute atomic E-state index is 5.18. The fraction of sp³-hybridized carbons (Fsp3) is 0.545. The molecule has 1 fully saturated rings. The van der Waals surface area contributed by atoms with Crippen LogP contribution in [0.4, 0.5) is 0 Å². The van der Waals surface area contributed by atoms with Gasteiger partial charge >= 0.3 is 0 Å². The van der Waals surface area contributed by atoms with Crippen LogP contribution in [0.3, 0.4) is 0 Å². The molecule has 76 valence electrons. The quantitative estimate of drug-likeness (QED) is 0.730. The largest absolute Gasteiger partial charge is 0.369 e. The second-order valence-electron chi connectivity index (χ2n) is 3.67. The van der Waals surface area contributed by atoms with Crippen LogP contribution in [0.2, 0.25) is 0 Å². The van der Waals surface area contributed by atoms with Gasteiger partial charge in [0.05, 0.1) is 6.73 Å². The van der Waals surface area contributed by atoms with Gasteiger partial charge in [-0.2, -0.15) is 0 Å². The second kappa shape index (κ2) is 4.53. The van der Waals surface area contributed by atoms with E-state index in [0.717, 1.165) is 13.3 Å². The minimum absolute atomic E-state index is 0.503. The number of hydrogen-bond donors (Lipinski definition) is 0. The Hall–Kier alpha value is -0.930. The molecule has 0 amide bonds. The van der Waals surface area contributed by atoms with Crippen LogP contribution in [-0.2, 0) is 4.74 Å². The van der Waals surface area contributed by atoms with Crippen LogP contribution in [0.15, 0.2) is 24.5 Å². The van der Waals surface area contributed by atoms with Crippen LogP contribution >= 0.6 is 0 Å². The molecule has 3 nitrogen and oxygen atoms in total. The van der Waals surface area contributed by atoms with Crippen molar-refractivity contribution in [2.24, 2.45) is 0 Å². The summed E-state index contributed by atoms with van der Waals surface area (Å²) in [6.45, 7) is 1.85. The lowest BCUT2D eigenvalue weighted by Gasteiger charge is -2.23. The molecule has 0 saturated carbocycles. The van der Waals surface area contributed by atoms with E-state index in [4.69, 9.17) is 4.74 Å². The number of pyridine rings is 1. The Balaban J connectivity index is 2.10. The van der Waals surface area contributed by atoms with Gasteiger partial charge in [-0.1, -0.05) is 6.07 Å². The van der Waals surface area contributed by atoms with E-state index in [1.807, 2.05) is 18.5 Å². The van der Waals surface area contributed by atoms with Crippen LogP contribution in [0.25, 0.3) is 0 Å². The minimum Gasteiger partial charge on any atom is -0.369 e. The summed E-state index contributed by atoms with van der Waals surface area (Å²) < 4.78 is 5.18. The van der Waals surface area contributed by atoms with Crippen LogP contribution in [-0.4, -0.2) is 30.3 Å². The molecule has 1 unspecified atom stereocenters. The molecular formula is C11H16N2O. The van der Waals surface area contributed by atoms with Crippen molar-refractivity contribution in [2.45, 2.75) is 18.9 Å². The molecule has 0 aromatic carbocycles. The molecule has 14 heavy (non-hydrogen) atoms. The number of nitrogens with zero attached hydrogens (tertiary/aromatic N) is 2. The summed E-state index contributed by atoms with van der Waals surface area (Å²) in [7, 11) is 1.75. The topological polar surface area (TPSA) is 25.4 Å². The third-order valence-electron chi connectivity index (χ3n) is 2.73. The smallest absolute Gasteiger partial charge is 0.0991 e. The van der Waals surface area contributed by atoms with Crippen LogP contribution in [0.5, 0.6) is 0 Å². The van der Waals surface area contributed by atoms with Gasteiger partial charge in [0.15, 0.2) is 0 Å². The van der Waals surface area contributed by atoms with Gasteiger partial charge < -0.3 is 4.74 Å². The summed E-state index contributed by atoms with van der Waals surface area (Å²) in [5, 5.41) is 0. The first-order chi connectivity index (χ1) is 6.92. The number of likely N-dealkylation sites (tertiary alicyclic amines) is 1. The molecule has 0 bridgehead atoms. The van der Waals surface area contributed by atoms with Crippen LogP contribution in [0, 0.1) is 0 Å². The van der Waals surface area contributed by atoms with Gasteiger partial charge in [-0.15, -0.1) is 0 Å². The first-order valence-corrected chi connectivity index (χ1v) is 5.04. The summed E-state index contributed by atoms with van der Waals surface area (Å²) in [4.78, 5) is 6.51.